The molecule has 0 bridgehead atoms. The summed E-state index contributed by atoms with van der Waals surface area (Å²) in [5.41, 5.74) is 1.12. The summed E-state index contributed by atoms with van der Waals surface area (Å²) in [6.07, 6.45) is -2.62. The number of hydrogen-bond donors (Lipinski definition) is 0. The molecule has 2 heterocycles. The summed E-state index contributed by atoms with van der Waals surface area (Å²) in [7, 11) is 3.58. The van der Waals surface area contributed by atoms with Gasteiger partial charge in [-0.1, -0.05) is 18.2 Å². The summed E-state index contributed by atoms with van der Waals surface area (Å²) >= 11 is 0. The number of amides is 1. The molecule has 0 aliphatic carbocycles. The Morgan fingerprint density at radius 2 is 1.90 bits per heavy atom. The lowest BCUT2D eigenvalue weighted by atomic mass is 9.95. The largest absolute Gasteiger partial charge is 0.416 e. The molecule has 3 rings (SSSR count). The van der Waals surface area contributed by atoms with Crippen LogP contribution in [0.2, 0.25) is 0 Å². The molecule has 1 fully saturated rings. The van der Waals surface area contributed by atoms with Gasteiger partial charge in [-0.3, -0.25) is 14.4 Å². The lowest BCUT2D eigenvalue weighted by Crippen LogP contribution is -2.39. The number of carbonyl (C=O) groups excluding carboxylic acids is 1. The van der Waals surface area contributed by atoms with E-state index in [0.29, 0.717) is 30.3 Å². The van der Waals surface area contributed by atoms with Crippen molar-refractivity contribution in [3.05, 3.63) is 52.8 Å². The van der Waals surface area contributed by atoms with E-state index in [1.165, 1.54) is 6.07 Å². The van der Waals surface area contributed by atoms with E-state index in [9.17, 15) is 18.0 Å². The van der Waals surface area contributed by atoms with Gasteiger partial charge < -0.3 is 4.90 Å². The molecule has 0 radical (unpaired) electrons. The van der Waals surface area contributed by atoms with E-state index in [-0.39, 0.29) is 5.91 Å². The second-order valence-electron chi connectivity index (χ2n) is 7.85. The molecule has 0 saturated carbocycles. The zero-order valence-corrected chi connectivity index (χ0v) is 17.0. The SMILES string of the molecule is Cc1cc(C(=O)N(C)CC2CCN(Cc3ccccc3C(F)(F)F)CC2)nn1C. The highest BCUT2D eigenvalue weighted by molar-refractivity contribution is 5.92. The van der Waals surface area contributed by atoms with Crippen LogP contribution in [0.1, 0.15) is 40.2 Å². The third-order valence-corrected chi connectivity index (χ3v) is 5.64. The Kier molecular flexibility index (Phi) is 6.31. The van der Waals surface area contributed by atoms with Crippen LogP contribution in [-0.2, 0) is 19.8 Å². The molecule has 1 aromatic carbocycles. The summed E-state index contributed by atoms with van der Waals surface area (Å²) in [4.78, 5) is 16.3. The predicted octanol–water partition coefficient (Wildman–Crippen LogP) is 3.73. The van der Waals surface area contributed by atoms with Crippen molar-refractivity contribution in [2.24, 2.45) is 13.0 Å². The molecule has 1 amide bonds. The third-order valence-electron chi connectivity index (χ3n) is 5.64. The van der Waals surface area contributed by atoms with Crippen molar-refractivity contribution in [1.82, 2.24) is 19.6 Å². The Morgan fingerprint density at radius 1 is 1.24 bits per heavy atom. The number of rotatable bonds is 5. The van der Waals surface area contributed by atoms with Gasteiger partial charge in [-0.2, -0.15) is 18.3 Å². The molecule has 29 heavy (non-hydrogen) atoms. The van der Waals surface area contributed by atoms with Gasteiger partial charge in [0.15, 0.2) is 5.69 Å². The van der Waals surface area contributed by atoms with Gasteiger partial charge in [0.05, 0.1) is 5.56 Å². The fourth-order valence-corrected chi connectivity index (χ4v) is 3.83. The molecule has 158 valence electrons. The third kappa shape index (κ3) is 5.18. The summed E-state index contributed by atoms with van der Waals surface area (Å²) in [6.45, 7) is 4.27. The predicted molar refractivity (Wildman–Crippen MR) is 104 cm³/mol. The molecular formula is C21H27F3N4O. The van der Waals surface area contributed by atoms with Gasteiger partial charge in [0.2, 0.25) is 0 Å². The first-order chi connectivity index (χ1) is 13.6. The van der Waals surface area contributed by atoms with Gasteiger partial charge in [-0.15, -0.1) is 0 Å². The first kappa shape index (κ1) is 21.4. The maximum absolute atomic E-state index is 13.2. The average Bonchev–Trinajstić information content (AvgIpc) is 3.01. The van der Waals surface area contributed by atoms with Gasteiger partial charge in [0.1, 0.15) is 0 Å². The molecule has 8 heteroatoms. The van der Waals surface area contributed by atoms with E-state index >= 15 is 0 Å². The van der Waals surface area contributed by atoms with E-state index in [1.807, 2.05) is 6.92 Å². The molecule has 5 nitrogen and oxygen atoms in total. The molecule has 2 aromatic rings. The number of aromatic nitrogens is 2. The number of nitrogens with zero attached hydrogens (tertiary/aromatic N) is 4. The molecule has 0 N–H and O–H groups in total. The van der Waals surface area contributed by atoms with Crippen LogP contribution in [0.4, 0.5) is 13.2 Å². The number of carbonyl (C=O) groups is 1. The number of hydrogen-bond acceptors (Lipinski definition) is 3. The Morgan fingerprint density at radius 3 is 2.48 bits per heavy atom. The molecule has 1 saturated heterocycles. The molecule has 1 aromatic heterocycles. The van der Waals surface area contributed by atoms with Crippen LogP contribution in [0.5, 0.6) is 0 Å². The normalized spacial score (nSPS) is 16.2. The Hall–Kier alpha value is -2.35. The lowest BCUT2D eigenvalue weighted by Gasteiger charge is -2.34. The highest BCUT2D eigenvalue weighted by Crippen LogP contribution is 2.33. The second kappa shape index (κ2) is 8.57. The van der Waals surface area contributed by atoms with Gasteiger partial charge >= 0.3 is 6.18 Å². The fraction of sp³-hybridized carbons (Fsp3) is 0.524. The smallest absolute Gasteiger partial charge is 0.340 e. The first-order valence-electron chi connectivity index (χ1n) is 9.78. The number of benzene rings is 1. The van der Waals surface area contributed by atoms with Crippen LogP contribution < -0.4 is 0 Å². The average molecular weight is 408 g/mol. The highest BCUT2D eigenvalue weighted by atomic mass is 19.4. The Balaban J connectivity index is 1.53. The van der Waals surface area contributed by atoms with E-state index in [0.717, 1.165) is 37.7 Å². The molecule has 1 aliphatic rings. The summed E-state index contributed by atoms with van der Waals surface area (Å²) in [5, 5.41) is 4.24. The summed E-state index contributed by atoms with van der Waals surface area (Å²) in [5.74, 6) is 0.234. The van der Waals surface area contributed by atoms with Crippen molar-refractivity contribution in [3.63, 3.8) is 0 Å². The van der Waals surface area contributed by atoms with E-state index < -0.39 is 11.7 Å². The second-order valence-corrected chi connectivity index (χ2v) is 7.85. The van der Waals surface area contributed by atoms with Crippen LogP contribution in [0.3, 0.4) is 0 Å². The monoisotopic (exact) mass is 408 g/mol. The van der Waals surface area contributed by atoms with E-state index in [4.69, 9.17) is 0 Å². The molecule has 0 atom stereocenters. The van der Waals surface area contributed by atoms with Crippen molar-refractivity contribution in [2.75, 3.05) is 26.7 Å². The van der Waals surface area contributed by atoms with Crippen LogP contribution in [0.25, 0.3) is 0 Å². The maximum Gasteiger partial charge on any atom is 0.416 e. The Bertz CT molecular complexity index is 834. The summed E-state index contributed by atoms with van der Waals surface area (Å²) in [6, 6.07) is 7.55. The number of halogens is 3. The van der Waals surface area contributed by atoms with Gasteiger partial charge in [-0.25, -0.2) is 0 Å². The van der Waals surface area contributed by atoms with Gasteiger partial charge in [-0.05, 0) is 56.5 Å². The van der Waals surface area contributed by atoms with Crippen molar-refractivity contribution in [2.45, 2.75) is 32.5 Å². The number of aryl methyl sites for hydroxylation is 2. The molecule has 1 aliphatic heterocycles. The first-order valence-corrected chi connectivity index (χ1v) is 9.78. The van der Waals surface area contributed by atoms with Crippen molar-refractivity contribution < 1.29 is 18.0 Å². The zero-order chi connectivity index (χ0) is 21.2. The quantitative estimate of drug-likeness (QED) is 0.757. The minimum Gasteiger partial charge on any atom is -0.340 e. The minimum atomic E-state index is -4.33. The molecule has 0 unspecified atom stereocenters. The van der Waals surface area contributed by atoms with Crippen LogP contribution in [0, 0.1) is 12.8 Å². The fourth-order valence-electron chi connectivity index (χ4n) is 3.83. The minimum absolute atomic E-state index is 0.102. The lowest BCUT2D eigenvalue weighted by molar-refractivity contribution is -0.138. The highest BCUT2D eigenvalue weighted by Gasteiger charge is 2.33. The molecule has 0 spiro atoms. The van der Waals surface area contributed by atoms with Crippen molar-refractivity contribution in [3.8, 4) is 0 Å². The standard InChI is InChI=1S/C21H27F3N4O/c1-15-12-19(25-27(15)3)20(29)26(2)13-16-8-10-28(11-9-16)14-17-6-4-5-7-18(17)21(22,23)24/h4-7,12,16H,8-11,13-14H2,1-3H3. The zero-order valence-electron chi connectivity index (χ0n) is 17.0. The number of piperidine rings is 1. The summed E-state index contributed by atoms with van der Waals surface area (Å²) < 4.78 is 41.2. The van der Waals surface area contributed by atoms with Gasteiger partial charge in [0.25, 0.3) is 5.91 Å². The van der Waals surface area contributed by atoms with Crippen molar-refractivity contribution >= 4 is 5.91 Å². The number of likely N-dealkylation sites (tertiary alicyclic amines) is 1. The van der Waals surface area contributed by atoms with Crippen LogP contribution in [0.15, 0.2) is 30.3 Å². The molecular weight excluding hydrogens is 381 g/mol. The maximum atomic E-state index is 13.2. The number of alkyl halides is 3. The topological polar surface area (TPSA) is 41.4 Å². The Labute approximate surface area is 169 Å². The van der Waals surface area contributed by atoms with E-state index in [2.05, 4.69) is 10.00 Å². The van der Waals surface area contributed by atoms with E-state index in [1.54, 1.807) is 41.9 Å². The van der Waals surface area contributed by atoms with Gasteiger partial charge in [0, 0.05) is 32.9 Å². The van der Waals surface area contributed by atoms with Crippen molar-refractivity contribution in [1.29, 1.82) is 0 Å². The van der Waals surface area contributed by atoms with Crippen LogP contribution in [-0.4, -0.2) is 52.2 Å². The van der Waals surface area contributed by atoms with Crippen LogP contribution >= 0.6 is 0 Å².